The van der Waals surface area contributed by atoms with Crippen LogP contribution in [-0.2, 0) is 0 Å². The number of nitrogens with two attached hydrogens (primary N) is 1. The maximum absolute atomic E-state index is 5.90. The third-order valence-electron chi connectivity index (χ3n) is 2.53. The maximum Gasteiger partial charge on any atom is 0.153 e. The van der Waals surface area contributed by atoms with Gasteiger partial charge in [0, 0.05) is 11.9 Å². The molecule has 0 aliphatic carbocycles. The number of anilines is 3. The third kappa shape index (κ3) is 2.53. The molecule has 2 aromatic heterocycles. The van der Waals surface area contributed by atoms with E-state index in [9.17, 15) is 0 Å². The number of hydrogen-bond acceptors (Lipinski definition) is 4. The molecule has 3 N–H and O–H groups in total. The summed E-state index contributed by atoms with van der Waals surface area (Å²) in [5, 5.41) is 3.20. The Labute approximate surface area is 101 Å². The number of pyridine rings is 2. The van der Waals surface area contributed by atoms with Crippen LogP contribution in [0.3, 0.4) is 0 Å². The molecular formula is C13H16N4. The molecule has 0 radical (unpaired) electrons. The molecule has 0 atom stereocenters. The molecule has 4 heteroatoms. The third-order valence-corrected chi connectivity index (χ3v) is 2.53. The molecule has 0 bridgehead atoms. The summed E-state index contributed by atoms with van der Waals surface area (Å²) in [6, 6.07) is 5.84. The lowest BCUT2D eigenvalue weighted by atomic mass is 10.2. The number of nitrogen functional groups attached to an aromatic ring is 1. The predicted octanol–water partition coefficient (Wildman–Crippen LogP) is 2.73. The highest BCUT2D eigenvalue weighted by molar-refractivity contribution is 5.69. The topological polar surface area (TPSA) is 63.8 Å². The van der Waals surface area contributed by atoms with Crippen LogP contribution in [0.2, 0.25) is 0 Å². The van der Waals surface area contributed by atoms with Crippen LogP contribution in [0, 0.1) is 20.8 Å². The van der Waals surface area contributed by atoms with Crippen molar-refractivity contribution in [2.75, 3.05) is 11.1 Å². The van der Waals surface area contributed by atoms with Gasteiger partial charge in [0.1, 0.15) is 0 Å². The standard InChI is InChI=1S/C13H16N4/c1-8-6-11(14)13(15-7-8)17-12-5-4-9(2)16-10(12)3/h4-7H,14H2,1-3H3,(H,15,17). The van der Waals surface area contributed by atoms with Crippen LogP contribution in [0.4, 0.5) is 17.2 Å². The molecule has 2 rings (SSSR count). The van der Waals surface area contributed by atoms with E-state index in [1.54, 1.807) is 6.20 Å². The molecule has 0 aliphatic heterocycles. The minimum atomic E-state index is 0.643. The van der Waals surface area contributed by atoms with Gasteiger partial charge >= 0.3 is 0 Å². The molecular weight excluding hydrogens is 212 g/mol. The van der Waals surface area contributed by atoms with Crippen LogP contribution in [0.5, 0.6) is 0 Å². The van der Waals surface area contributed by atoms with Gasteiger partial charge in [-0.05, 0) is 44.5 Å². The Bertz CT molecular complexity index is 500. The molecule has 2 heterocycles. The zero-order valence-corrected chi connectivity index (χ0v) is 10.3. The lowest BCUT2D eigenvalue weighted by molar-refractivity contribution is 1.12. The molecule has 0 saturated heterocycles. The lowest BCUT2D eigenvalue weighted by Crippen LogP contribution is -2.02. The van der Waals surface area contributed by atoms with E-state index in [0.717, 1.165) is 22.6 Å². The first-order valence-electron chi connectivity index (χ1n) is 5.49. The van der Waals surface area contributed by atoms with Gasteiger partial charge in [0.25, 0.3) is 0 Å². The number of hydrogen-bond donors (Lipinski definition) is 2. The first kappa shape index (κ1) is 11.4. The van der Waals surface area contributed by atoms with Crippen LogP contribution >= 0.6 is 0 Å². The summed E-state index contributed by atoms with van der Waals surface area (Å²) in [6.07, 6.45) is 1.79. The number of rotatable bonds is 2. The van der Waals surface area contributed by atoms with Crippen LogP contribution in [0.1, 0.15) is 17.0 Å². The average Bonchev–Trinajstić information content (AvgIpc) is 2.25. The highest BCUT2D eigenvalue weighted by Gasteiger charge is 2.04. The number of nitrogens with one attached hydrogen (secondary N) is 1. The van der Waals surface area contributed by atoms with E-state index >= 15 is 0 Å². The second kappa shape index (κ2) is 4.41. The Balaban J connectivity index is 2.31. The fraction of sp³-hybridized carbons (Fsp3) is 0.231. The molecule has 0 aromatic carbocycles. The summed E-state index contributed by atoms with van der Waals surface area (Å²) in [6.45, 7) is 5.89. The van der Waals surface area contributed by atoms with Crippen molar-refractivity contribution in [3.8, 4) is 0 Å². The number of aryl methyl sites for hydroxylation is 3. The van der Waals surface area contributed by atoms with Crippen LogP contribution in [-0.4, -0.2) is 9.97 Å². The monoisotopic (exact) mass is 228 g/mol. The largest absolute Gasteiger partial charge is 0.396 e. The Morgan fingerprint density at radius 2 is 1.94 bits per heavy atom. The van der Waals surface area contributed by atoms with Crippen molar-refractivity contribution in [1.29, 1.82) is 0 Å². The highest BCUT2D eigenvalue weighted by Crippen LogP contribution is 2.22. The summed E-state index contributed by atoms with van der Waals surface area (Å²) in [4.78, 5) is 8.66. The van der Waals surface area contributed by atoms with E-state index in [1.807, 2.05) is 39.0 Å². The van der Waals surface area contributed by atoms with Gasteiger partial charge in [-0.1, -0.05) is 0 Å². The minimum Gasteiger partial charge on any atom is -0.396 e. The fourth-order valence-corrected chi connectivity index (χ4v) is 1.64. The van der Waals surface area contributed by atoms with Gasteiger partial charge in [-0.15, -0.1) is 0 Å². The van der Waals surface area contributed by atoms with E-state index in [2.05, 4.69) is 15.3 Å². The Kier molecular flexibility index (Phi) is 2.95. The molecule has 17 heavy (non-hydrogen) atoms. The summed E-state index contributed by atoms with van der Waals surface area (Å²) in [5.74, 6) is 0.671. The molecule has 4 nitrogen and oxygen atoms in total. The van der Waals surface area contributed by atoms with E-state index in [1.165, 1.54) is 0 Å². The molecule has 0 aliphatic rings. The van der Waals surface area contributed by atoms with Crippen molar-refractivity contribution >= 4 is 17.2 Å². The Morgan fingerprint density at radius 1 is 1.18 bits per heavy atom. The smallest absolute Gasteiger partial charge is 0.153 e. The number of nitrogens with zero attached hydrogens (tertiary/aromatic N) is 2. The summed E-state index contributed by atoms with van der Waals surface area (Å²) in [7, 11) is 0. The van der Waals surface area contributed by atoms with Crippen molar-refractivity contribution in [2.24, 2.45) is 0 Å². The van der Waals surface area contributed by atoms with E-state index in [0.29, 0.717) is 11.5 Å². The SMILES string of the molecule is Cc1cnc(Nc2ccc(C)nc2C)c(N)c1. The molecule has 0 fully saturated rings. The van der Waals surface area contributed by atoms with Gasteiger partial charge in [-0.25, -0.2) is 4.98 Å². The zero-order chi connectivity index (χ0) is 12.4. The van der Waals surface area contributed by atoms with E-state index in [-0.39, 0.29) is 0 Å². The van der Waals surface area contributed by atoms with E-state index in [4.69, 9.17) is 5.73 Å². The first-order valence-corrected chi connectivity index (χ1v) is 5.49. The van der Waals surface area contributed by atoms with Crippen molar-refractivity contribution in [1.82, 2.24) is 9.97 Å². The van der Waals surface area contributed by atoms with Crippen molar-refractivity contribution in [3.05, 3.63) is 41.3 Å². The summed E-state index contributed by atoms with van der Waals surface area (Å²) in [5.41, 5.74) is 10.5. The molecule has 0 amide bonds. The second-order valence-corrected chi connectivity index (χ2v) is 4.16. The Morgan fingerprint density at radius 3 is 2.59 bits per heavy atom. The Hall–Kier alpha value is -2.10. The normalized spacial score (nSPS) is 10.3. The van der Waals surface area contributed by atoms with Crippen molar-refractivity contribution < 1.29 is 0 Å². The number of aromatic nitrogens is 2. The van der Waals surface area contributed by atoms with Crippen LogP contribution in [0.15, 0.2) is 24.4 Å². The second-order valence-electron chi connectivity index (χ2n) is 4.16. The van der Waals surface area contributed by atoms with Gasteiger partial charge in [0.2, 0.25) is 0 Å². The first-order chi connectivity index (χ1) is 8.06. The van der Waals surface area contributed by atoms with Crippen LogP contribution in [0.25, 0.3) is 0 Å². The predicted molar refractivity (Wildman–Crippen MR) is 70.4 cm³/mol. The maximum atomic E-state index is 5.90. The van der Waals surface area contributed by atoms with Crippen LogP contribution < -0.4 is 11.1 Å². The molecule has 0 unspecified atom stereocenters. The van der Waals surface area contributed by atoms with Crippen molar-refractivity contribution in [2.45, 2.75) is 20.8 Å². The highest BCUT2D eigenvalue weighted by atomic mass is 15.0. The lowest BCUT2D eigenvalue weighted by Gasteiger charge is -2.11. The van der Waals surface area contributed by atoms with Gasteiger partial charge in [0.15, 0.2) is 5.82 Å². The molecule has 0 saturated carbocycles. The van der Waals surface area contributed by atoms with Gasteiger partial charge < -0.3 is 11.1 Å². The molecule has 88 valence electrons. The summed E-state index contributed by atoms with van der Waals surface area (Å²) < 4.78 is 0. The van der Waals surface area contributed by atoms with Gasteiger partial charge in [0.05, 0.1) is 17.1 Å². The van der Waals surface area contributed by atoms with Gasteiger partial charge in [-0.3, -0.25) is 4.98 Å². The minimum absolute atomic E-state index is 0.643. The van der Waals surface area contributed by atoms with E-state index < -0.39 is 0 Å². The van der Waals surface area contributed by atoms with Gasteiger partial charge in [-0.2, -0.15) is 0 Å². The fourth-order valence-electron chi connectivity index (χ4n) is 1.64. The quantitative estimate of drug-likeness (QED) is 0.829. The average molecular weight is 228 g/mol. The molecule has 2 aromatic rings. The summed E-state index contributed by atoms with van der Waals surface area (Å²) >= 11 is 0. The molecule has 0 spiro atoms. The van der Waals surface area contributed by atoms with Crippen molar-refractivity contribution in [3.63, 3.8) is 0 Å². The zero-order valence-electron chi connectivity index (χ0n) is 10.3.